The molecule has 0 radical (unpaired) electrons. The van der Waals surface area contributed by atoms with E-state index < -0.39 is 0 Å². The zero-order chi connectivity index (χ0) is 18.4. The normalized spacial score (nSPS) is 10.3. The van der Waals surface area contributed by atoms with Crippen LogP contribution in [0.25, 0.3) is 0 Å². The van der Waals surface area contributed by atoms with Crippen LogP contribution in [0.3, 0.4) is 0 Å². The molecule has 3 rings (SSSR count). The van der Waals surface area contributed by atoms with E-state index in [2.05, 4.69) is 38.3 Å². The van der Waals surface area contributed by atoms with Crippen molar-refractivity contribution in [3.8, 4) is 0 Å². The van der Waals surface area contributed by atoms with Crippen molar-refractivity contribution in [2.45, 2.75) is 6.54 Å². The quantitative estimate of drug-likeness (QED) is 0.556. The van der Waals surface area contributed by atoms with Crippen LogP contribution in [0.4, 0.5) is 5.69 Å². The highest BCUT2D eigenvalue weighted by molar-refractivity contribution is 14.1. The summed E-state index contributed by atoms with van der Waals surface area (Å²) < 4.78 is 2.58. The summed E-state index contributed by atoms with van der Waals surface area (Å²) in [6.45, 7) is 0.521. The number of hydrogen-bond donors (Lipinski definition) is 2. The molecule has 7 heteroatoms. The Morgan fingerprint density at radius 1 is 1.04 bits per heavy atom. The highest BCUT2D eigenvalue weighted by Crippen LogP contribution is 2.11. The highest BCUT2D eigenvalue weighted by atomic mass is 127. The van der Waals surface area contributed by atoms with Crippen molar-refractivity contribution >= 4 is 40.1 Å². The SMILES string of the molecule is O=C(CNC(=O)c1ccccc1I)Nc1cnn(Cc2ccccc2)c1. The van der Waals surface area contributed by atoms with Gasteiger partial charge in [0.25, 0.3) is 5.91 Å². The molecule has 6 nitrogen and oxygen atoms in total. The summed E-state index contributed by atoms with van der Waals surface area (Å²) in [5.74, 6) is -0.575. The van der Waals surface area contributed by atoms with E-state index in [9.17, 15) is 9.59 Å². The van der Waals surface area contributed by atoms with Crippen LogP contribution >= 0.6 is 22.6 Å². The molecule has 0 fully saturated rings. The second-order valence-electron chi connectivity index (χ2n) is 5.62. The third-order valence-electron chi connectivity index (χ3n) is 3.63. The first-order valence-electron chi connectivity index (χ1n) is 8.01. The summed E-state index contributed by atoms with van der Waals surface area (Å²) >= 11 is 2.09. The van der Waals surface area contributed by atoms with Crippen molar-refractivity contribution in [1.82, 2.24) is 15.1 Å². The van der Waals surface area contributed by atoms with Crippen LogP contribution in [0.1, 0.15) is 15.9 Å². The molecule has 2 aromatic carbocycles. The largest absolute Gasteiger partial charge is 0.343 e. The molecule has 0 aliphatic carbocycles. The topological polar surface area (TPSA) is 76.0 Å². The van der Waals surface area contributed by atoms with Crippen molar-refractivity contribution in [1.29, 1.82) is 0 Å². The smallest absolute Gasteiger partial charge is 0.252 e. The Bertz CT molecular complexity index is 909. The van der Waals surface area contributed by atoms with Gasteiger partial charge in [-0.1, -0.05) is 42.5 Å². The zero-order valence-corrected chi connectivity index (χ0v) is 16.0. The van der Waals surface area contributed by atoms with Gasteiger partial charge in [-0.25, -0.2) is 0 Å². The fraction of sp³-hybridized carbons (Fsp3) is 0.105. The predicted molar refractivity (Wildman–Crippen MR) is 108 cm³/mol. The molecule has 1 aromatic heterocycles. The summed E-state index contributed by atoms with van der Waals surface area (Å²) in [6.07, 6.45) is 3.34. The Hall–Kier alpha value is -2.68. The van der Waals surface area contributed by atoms with E-state index in [1.807, 2.05) is 42.5 Å². The molecule has 1 heterocycles. The molecule has 132 valence electrons. The lowest BCUT2D eigenvalue weighted by atomic mass is 10.2. The number of hydrogen-bond acceptors (Lipinski definition) is 3. The van der Waals surface area contributed by atoms with E-state index in [0.29, 0.717) is 17.8 Å². The third kappa shape index (κ3) is 4.92. The van der Waals surface area contributed by atoms with Gasteiger partial charge in [-0.15, -0.1) is 0 Å². The Morgan fingerprint density at radius 3 is 2.54 bits per heavy atom. The number of aromatic nitrogens is 2. The van der Waals surface area contributed by atoms with Gasteiger partial charge < -0.3 is 10.6 Å². The van der Waals surface area contributed by atoms with E-state index in [0.717, 1.165) is 9.13 Å². The first kappa shape index (κ1) is 18.1. The van der Waals surface area contributed by atoms with E-state index >= 15 is 0 Å². The van der Waals surface area contributed by atoms with E-state index in [1.54, 1.807) is 29.2 Å². The number of halogens is 1. The maximum Gasteiger partial charge on any atom is 0.252 e. The number of rotatable bonds is 6. The molecular formula is C19H17IN4O2. The minimum atomic E-state index is -0.302. The first-order chi connectivity index (χ1) is 12.6. The van der Waals surface area contributed by atoms with Gasteiger partial charge in [0, 0.05) is 9.77 Å². The average Bonchev–Trinajstić information content (AvgIpc) is 3.07. The van der Waals surface area contributed by atoms with E-state index in [4.69, 9.17) is 0 Å². The van der Waals surface area contributed by atoms with Crippen LogP contribution in [0, 0.1) is 3.57 Å². The van der Waals surface area contributed by atoms with Crippen LogP contribution < -0.4 is 10.6 Å². The van der Waals surface area contributed by atoms with Gasteiger partial charge in [-0.2, -0.15) is 5.10 Å². The molecule has 0 bridgehead atoms. The van der Waals surface area contributed by atoms with E-state index in [-0.39, 0.29) is 18.4 Å². The van der Waals surface area contributed by atoms with Crippen molar-refractivity contribution in [3.63, 3.8) is 0 Å². The van der Waals surface area contributed by atoms with Crippen molar-refractivity contribution in [2.75, 3.05) is 11.9 Å². The van der Waals surface area contributed by atoms with Crippen molar-refractivity contribution in [3.05, 3.63) is 81.7 Å². The first-order valence-corrected chi connectivity index (χ1v) is 9.08. The Labute approximate surface area is 164 Å². The lowest BCUT2D eigenvalue weighted by Crippen LogP contribution is -2.33. The monoisotopic (exact) mass is 460 g/mol. The summed E-state index contributed by atoms with van der Waals surface area (Å²) in [6, 6.07) is 17.1. The Balaban J connectivity index is 1.51. The fourth-order valence-corrected chi connectivity index (χ4v) is 3.02. The average molecular weight is 460 g/mol. The summed E-state index contributed by atoms with van der Waals surface area (Å²) in [5, 5.41) is 9.59. The third-order valence-corrected chi connectivity index (χ3v) is 4.57. The number of benzene rings is 2. The minimum absolute atomic E-state index is 0.103. The molecule has 2 amide bonds. The van der Waals surface area contributed by atoms with Crippen LogP contribution in [-0.2, 0) is 11.3 Å². The molecule has 2 N–H and O–H groups in total. The lowest BCUT2D eigenvalue weighted by Gasteiger charge is -2.07. The summed E-state index contributed by atoms with van der Waals surface area (Å²) in [5.41, 5.74) is 2.27. The second-order valence-corrected chi connectivity index (χ2v) is 6.79. The van der Waals surface area contributed by atoms with E-state index in [1.165, 1.54) is 0 Å². The fourth-order valence-electron chi connectivity index (χ4n) is 2.39. The van der Waals surface area contributed by atoms with Gasteiger partial charge in [0.05, 0.1) is 30.5 Å². The number of nitrogens with zero attached hydrogens (tertiary/aromatic N) is 2. The molecule has 0 atom stereocenters. The van der Waals surface area contributed by atoms with Crippen LogP contribution in [-0.4, -0.2) is 28.1 Å². The Morgan fingerprint density at radius 2 is 1.77 bits per heavy atom. The molecular weight excluding hydrogens is 443 g/mol. The van der Waals surface area contributed by atoms with Gasteiger partial charge in [0.1, 0.15) is 0 Å². The Kier molecular flexibility index (Phi) is 6.00. The van der Waals surface area contributed by atoms with Crippen molar-refractivity contribution in [2.24, 2.45) is 0 Å². The molecule has 0 spiro atoms. The van der Waals surface area contributed by atoms with Gasteiger partial charge >= 0.3 is 0 Å². The van der Waals surface area contributed by atoms with Gasteiger partial charge in [-0.3, -0.25) is 14.3 Å². The standard InChI is InChI=1S/C19H17IN4O2/c20-17-9-5-4-8-16(17)19(26)21-11-18(25)23-15-10-22-24(13-15)12-14-6-2-1-3-7-14/h1-10,13H,11-12H2,(H,21,26)(H,23,25). The highest BCUT2D eigenvalue weighted by Gasteiger charge is 2.11. The van der Waals surface area contributed by atoms with Crippen LogP contribution in [0.15, 0.2) is 67.0 Å². The lowest BCUT2D eigenvalue weighted by molar-refractivity contribution is -0.115. The zero-order valence-electron chi connectivity index (χ0n) is 13.9. The maximum atomic E-state index is 12.1. The van der Waals surface area contributed by atoms with Gasteiger partial charge in [0.15, 0.2) is 0 Å². The predicted octanol–water partition coefficient (Wildman–Crippen LogP) is 2.90. The molecule has 0 saturated carbocycles. The number of nitrogens with one attached hydrogen (secondary N) is 2. The molecule has 0 saturated heterocycles. The van der Waals surface area contributed by atoms with Crippen LogP contribution in [0.5, 0.6) is 0 Å². The summed E-state index contributed by atoms with van der Waals surface area (Å²) in [7, 11) is 0. The maximum absolute atomic E-state index is 12.1. The molecule has 3 aromatic rings. The number of carbonyl (C=O) groups excluding carboxylic acids is 2. The molecule has 0 aliphatic heterocycles. The van der Waals surface area contributed by atoms with Crippen molar-refractivity contribution < 1.29 is 9.59 Å². The number of carbonyl (C=O) groups is 2. The van der Waals surface area contributed by atoms with Gasteiger partial charge in [-0.05, 0) is 40.3 Å². The van der Waals surface area contributed by atoms with Gasteiger partial charge in [0.2, 0.25) is 5.91 Å². The summed E-state index contributed by atoms with van der Waals surface area (Å²) in [4.78, 5) is 24.2. The molecule has 0 aliphatic rings. The molecule has 0 unspecified atom stereocenters. The number of anilines is 1. The molecule has 26 heavy (non-hydrogen) atoms. The van der Waals surface area contributed by atoms with Crippen LogP contribution in [0.2, 0.25) is 0 Å². The number of amides is 2. The second kappa shape index (κ2) is 8.61. The minimum Gasteiger partial charge on any atom is -0.343 e.